The molecule has 1 aromatic rings. The van der Waals surface area contributed by atoms with Crippen LogP contribution in [0.2, 0.25) is 5.02 Å². The number of amides is 1. The number of fused-ring (bicyclic) bond motifs is 1. The molecule has 0 radical (unpaired) electrons. The average Bonchev–Trinajstić information content (AvgIpc) is 2.95. The zero-order chi connectivity index (χ0) is 17.1. The predicted molar refractivity (Wildman–Crippen MR) is 89.7 cm³/mol. The number of nitrogens with zero attached hydrogens (tertiary/aromatic N) is 1. The molecule has 1 aliphatic heterocycles. The van der Waals surface area contributed by atoms with Crippen LogP contribution in [-0.4, -0.2) is 33.6 Å². The summed E-state index contributed by atoms with van der Waals surface area (Å²) in [5.41, 5.74) is 2.14. The zero-order valence-corrected chi connectivity index (χ0v) is 14.3. The molecule has 0 bridgehead atoms. The van der Waals surface area contributed by atoms with Crippen LogP contribution in [0.15, 0.2) is 23.1 Å². The van der Waals surface area contributed by atoms with Gasteiger partial charge < -0.3 is 0 Å². The number of likely N-dealkylation sites (N-methyl/N-ethyl adjacent to an activating group) is 1. The maximum atomic E-state index is 12.3. The highest BCUT2D eigenvalue weighted by Crippen LogP contribution is 2.41. The van der Waals surface area contributed by atoms with Crippen LogP contribution in [0.5, 0.6) is 0 Å². The molecule has 3 rings (SSSR count). The molecular weight excluding hydrogens is 358 g/mol. The first kappa shape index (κ1) is 17.6. The minimum Gasteiger partial charge on any atom is -0.294 e. The smallest absolute Gasteiger partial charge is 0.294 e. The van der Waals surface area contributed by atoms with E-state index in [9.17, 15) is 9.59 Å². The third-order valence-corrected chi connectivity index (χ3v) is 5.05. The fourth-order valence-corrected chi connectivity index (χ4v) is 4.07. The standard InChI is InChI=1S/C14H10ClNO2S2.CO2/c1-2-16-13(18)12(20-14(16)19)11-9-6-8(15)4-3-7(9)5-10(11)17;2-1-3/h3-4,6H,2,5H2,1H3;/b12-11-;. The third kappa shape index (κ3) is 3.28. The Morgan fingerprint density at radius 3 is 2.57 bits per heavy atom. The molecule has 118 valence electrons. The summed E-state index contributed by atoms with van der Waals surface area (Å²) in [7, 11) is 0. The van der Waals surface area contributed by atoms with Crippen LogP contribution < -0.4 is 0 Å². The molecule has 2 aliphatic rings. The van der Waals surface area contributed by atoms with Crippen molar-refractivity contribution in [3.63, 3.8) is 0 Å². The molecule has 1 heterocycles. The molecule has 1 aliphatic carbocycles. The lowest BCUT2D eigenvalue weighted by Gasteiger charge is -2.10. The van der Waals surface area contributed by atoms with E-state index in [4.69, 9.17) is 33.4 Å². The van der Waals surface area contributed by atoms with Crippen molar-refractivity contribution in [2.75, 3.05) is 6.54 Å². The number of hydrogen-bond donors (Lipinski definition) is 0. The molecule has 1 aromatic carbocycles. The van der Waals surface area contributed by atoms with Crippen molar-refractivity contribution in [1.29, 1.82) is 0 Å². The van der Waals surface area contributed by atoms with Gasteiger partial charge in [0.2, 0.25) is 0 Å². The Hall–Kier alpha value is -1.79. The van der Waals surface area contributed by atoms with E-state index in [0.29, 0.717) is 32.8 Å². The van der Waals surface area contributed by atoms with Gasteiger partial charge in [0.05, 0.1) is 4.91 Å². The van der Waals surface area contributed by atoms with E-state index in [-0.39, 0.29) is 17.8 Å². The van der Waals surface area contributed by atoms with Crippen molar-refractivity contribution in [2.45, 2.75) is 13.3 Å². The molecular formula is C15H10ClNO4S2. The van der Waals surface area contributed by atoms with Gasteiger partial charge in [-0.3, -0.25) is 14.5 Å². The van der Waals surface area contributed by atoms with Crippen LogP contribution in [-0.2, 0) is 25.6 Å². The monoisotopic (exact) mass is 367 g/mol. The van der Waals surface area contributed by atoms with Crippen LogP contribution in [0.1, 0.15) is 18.1 Å². The average molecular weight is 368 g/mol. The number of benzene rings is 1. The molecule has 8 heteroatoms. The minimum absolute atomic E-state index is 0.0427. The van der Waals surface area contributed by atoms with E-state index in [1.807, 2.05) is 13.0 Å². The number of carbonyl (C=O) groups excluding carboxylic acids is 4. The Morgan fingerprint density at radius 2 is 2.00 bits per heavy atom. The van der Waals surface area contributed by atoms with Gasteiger partial charge in [-0.1, -0.05) is 41.6 Å². The number of thiocarbonyl (C=S) groups is 1. The Balaban J connectivity index is 0.000000595. The fourth-order valence-electron chi connectivity index (χ4n) is 2.42. The van der Waals surface area contributed by atoms with Crippen LogP contribution in [0.4, 0.5) is 0 Å². The molecule has 0 N–H and O–H groups in total. The molecule has 5 nitrogen and oxygen atoms in total. The zero-order valence-electron chi connectivity index (χ0n) is 11.9. The molecule has 0 saturated carbocycles. The van der Waals surface area contributed by atoms with E-state index in [2.05, 4.69) is 0 Å². The lowest BCUT2D eigenvalue weighted by molar-refractivity contribution is -0.191. The van der Waals surface area contributed by atoms with Gasteiger partial charge >= 0.3 is 6.15 Å². The summed E-state index contributed by atoms with van der Waals surface area (Å²) in [5, 5.41) is 0.557. The molecule has 0 unspecified atom stereocenters. The maximum absolute atomic E-state index is 12.3. The molecule has 0 spiro atoms. The van der Waals surface area contributed by atoms with Gasteiger partial charge in [0.15, 0.2) is 5.78 Å². The topological polar surface area (TPSA) is 71.5 Å². The van der Waals surface area contributed by atoms with Crippen molar-refractivity contribution in [2.24, 2.45) is 0 Å². The molecule has 0 aromatic heterocycles. The second kappa shape index (κ2) is 7.19. The Kier molecular flexibility index (Phi) is 5.49. The van der Waals surface area contributed by atoms with E-state index < -0.39 is 0 Å². The SMILES string of the molecule is CCN1C(=O)/C(=C2/C(=O)Cc3ccc(Cl)cc32)SC1=S.O=C=O. The summed E-state index contributed by atoms with van der Waals surface area (Å²) in [6.45, 7) is 2.37. The number of allylic oxidation sites excluding steroid dienone is 1. The minimum atomic E-state index is -0.182. The number of hydrogen-bond acceptors (Lipinski definition) is 6. The third-order valence-electron chi connectivity index (χ3n) is 3.36. The number of thioether (sulfide) groups is 1. The number of halogens is 1. The second-order valence-electron chi connectivity index (χ2n) is 4.61. The van der Waals surface area contributed by atoms with Crippen molar-refractivity contribution >= 4 is 63.3 Å². The predicted octanol–water partition coefficient (Wildman–Crippen LogP) is 2.47. The lowest BCUT2D eigenvalue weighted by Crippen LogP contribution is -2.27. The van der Waals surface area contributed by atoms with E-state index in [0.717, 1.165) is 11.1 Å². The van der Waals surface area contributed by atoms with Gasteiger partial charge in [0.1, 0.15) is 4.32 Å². The Bertz CT molecular complexity index is 782. The number of ketones is 1. The van der Waals surface area contributed by atoms with Crippen LogP contribution in [0, 0.1) is 0 Å². The van der Waals surface area contributed by atoms with Gasteiger partial charge in [-0.25, -0.2) is 0 Å². The molecule has 1 amide bonds. The fraction of sp³-hybridized carbons (Fsp3) is 0.200. The summed E-state index contributed by atoms with van der Waals surface area (Å²) in [5.74, 6) is -0.224. The summed E-state index contributed by atoms with van der Waals surface area (Å²) in [6, 6.07) is 5.34. The highest BCUT2D eigenvalue weighted by atomic mass is 35.5. The summed E-state index contributed by atoms with van der Waals surface area (Å²) in [6.07, 6.45) is 0.568. The van der Waals surface area contributed by atoms with Gasteiger partial charge in [-0.2, -0.15) is 9.59 Å². The molecule has 1 saturated heterocycles. The van der Waals surface area contributed by atoms with Gasteiger partial charge in [-0.05, 0) is 30.2 Å². The maximum Gasteiger partial charge on any atom is 0.373 e. The van der Waals surface area contributed by atoms with Crippen molar-refractivity contribution in [1.82, 2.24) is 4.90 Å². The molecule has 0 atom stereocenters. The summed E-state index contributed by atoms with van der Waals surface area (Å²) >= 11 is 12.4. The van der Waals surface area contributed by atoms with E-state index in [1.54, 1.807) is 12.1 Å². The first-order valence-corrected chi connectivity index (χ1v) is 8.14. The van der Waals surface area contributed by atoms with Crippen molar-refractivity contribution < 1.29 is 19.2 Å². The van der Waals surface area contributed by atoms with E-state index in [1.165, 1.54) is 16.7 Å². The highest BCUT2D eigenvalue weighted by Gasteiger charge is 2.38. The first-order valence-electron chi connectivity index (χ1n) is 6.53. The Morgan fingerprint density at radius 1 is 1.35 bits per heavy atom. The number of Topliss-reactive ketones (excluding diaryl/α,β-unsaturated/α-hetero) is 1. The van der Waals surface area contributed by atoms with E-state index >= 15 is 0 Å². The van der Waals surface area contributed by atoms with Gasteiger partial charge in [0.25, 0.3) is 5.91 Å². The first-order chi connectivity index (χ1) is 10.9. The highest BCUT2D eigenvalue weighted by molar-refractivity contribution is 8.26. The van der Waals surface area contributed by atoms with Gasteiger partial charge in [0, 0.05) is 23.6 Å². The largest absolute Gasteiger partial charge is 0.373 e. The van der Waals surface area contributed by atoms with Crippen molar-refractivity contribution in [3.05, 3.63) is 39.3 Å². The Labute approximate surface area is 146 Å². The molecule has 23 heavy (non-hydrogen) atoms. The van der Waals surface area contributed by atoms with Crippen molar-refractivity contribution in [3.8, 4) is 0 Å². The second-order valence-corrected chi connectivity index (χ2v) is 6.69. The number of carbonyl (C=O) groups is 2. The summed E-state index contributed by atoms with van der Waals surface area (Å²) < 4.78 is 0.503. The van der Waals surface area contributed by atoms with Crippen LogP contribution in [0.25, 0.3) is 5.57 Å². The normalized spacial score (nSPS) is 19.4. The van der Waals surface area contributed by atoms with Crippen LogP contribution in [0.3, 0.4) is 0 Å². The molecule has 1 fully saturated rings. The number of rotatable bonds is 1. The quantitative estimate of drug-likeness (QED) is 0.561. The van der Waals surface area contributed by atoms with Gasteiger partial charge in [-0.15, -0.1) is 0 Å². The summed E-state index contributed by atoms with van der Waals surface area (Å²) in [4.78, 5) is 42.8. The van der Waals surface area contributed by atoms with Crippen LogP contribution >= 0.6 is 35.6 Å². The lowest BCUT2D eigenvalue weighted by atomic mass is 10.1.